The molecule has 1 amide bonds. The summed E-state index contributed by atoms with van der Waals surface area (Å²) in [6.07, 6.45) is 4.81. The van der Waals surface area contributed by atoms with Gasteiger partial charge >= 0.3 is 0 Å². The number of rotatable bonds is 6. The maximum Gasteiger partial charge on any atom is 0.227 e. The van der Waals surface area contributed by atoms with Crippen molar-refractivity contribution in [2.75, 3.05) is 11.9 Å². The Kier molecular flexibility index (Phi) is 5.76. The van der Waals surface area contributed by atoms with Gasteiger partial charge in [-0.1, -0.05) is 31.4 Å². The van der Waals surface area contributed by atoms with Gasteiger partial charge in [0.2, 0.25) is 5.91 Å². The molecule has 0 bridgehead atoms. The highest BCUT2D eigenvalue weighted by molar-refractivity contribution is 5.91. The van der Waals surface area contributed by atoms with Crippen molar-refractivity contribution in [3.05, 3.63) is 29.8 Å². The first-order chi connectivity index (χ1) is 10.1. The maximum absolute atomic E-state index is 12.1. The van der Waals surface area contributed by atoms with Crippen molar-refractivity contribution < 1.29 is 14.6 Å². The molecule has 21 heavy (non-hydrogen) atoms. The number of nitrogens with one attached hydrogen (secondary N) is 1. The molecule has 1 aliphatic rings. The Bertz CT molecular complexity index is 467. The van der Waals surface area contributed by atoms with Crippen LogP contribution in [0, 0.1) is 0 Å². The van der Waals surface area contributed by atoms with E-state index in [1.807, 2.05) is 31.2 Å². The fraction of sp³-hybridized carbons (Fsp3) is 0.588. The molecule has 1 aliphatic carbocycles. The van der Waals surface area contributed by atoms with Gasteiger partial charge in [0.05, 0.1) is 18.6 Å². The van der Waals surface area contributed by atoms with Crippen LogP contribution in [0.25, 0.3) is 0 Å². The van der Waals surface area contributed by atoms with Gasteiger partial charge in [0.1, 0.15) is 0 Å². The molecule has 2 N–H and O–H groups in total. The third kappa shape index (κ3) is 5.14. The molecule has 1 fully saturated rings. The van der Waals surface area contributed by atoms with Crippen LogP contribution in [-0.2, 0) is 16.1 Å². The highest BCUT2D eigenvalue weighted by Gasteiger charge is 2.31. The molecule has 0 radical (unpaired) electrons. The van der Waals surface area contributed by atoms with E-state index in [0.717, 1.165) is 43.4 Å². The second kappa shape index (κ2) is 7.57. The topological polar surface area (TPSA) is 58.6 Å². The van der Waals surface area contributed by atoms with Crippen molar-refractivity contribution in [3.8, 4) is 0 Å². The number of carbonyl (C=O) groups is 1. The molecule has 4 nitrogen and oxygen atoms in total. The molecular weight excluding hydrogens is 266 g/mol. The predicted octanol–water partition coefficient (Wildman–Crippen LogP) is 3.25. The molecule has 0 aliphatic heterocycles. The van der Waals surface area contributed by atoms with Gasteiger partial charge in [-0.2, -0.15) is 0 Å². The Morgan fingerprint density at radius 2 is 2.10 bits per heavy atom. The Balaban J connectivity index is 1.89. The van der Waals surface area contributed by atoms with Gasteiger partial charge in [-0.05, 0) is 37.5 Å². The number of hydrogen-bond donors (Lipinski definition) is 2. The first-order valence-electron chi connectivity index (χ1n) is 7.80. The van der Waals surface area contributed by atoms with Crippen LogP contribution in [0.3, 0.4) is 0 Å². The lowest BCUT2D eigenvalue weighted by Crippen LogP contribution is -2.35. The molecule has 2 rings (SSSR count). The van der Waals surface area contributed by atoms with Crippen LogP contribution in [-0.4, -0.2) is 23.2 Å². The number of carbonyl (C=O) groups excluding carboxylic acids is 1. The molecule has 0 heterocycles. The Hall–Kier alpha value is -1.39. The second-order valence-corrected chi connectivity index (χ2v) is 5.85. The monoisotopic (exact) mass is 291 g/mol. The third-order valence-electron chi connectivity index (χ3n) is 3.96. The van der Waals surface area contributed by atoms with Crippen LogP contribution in [0.4, 0.5) is 5.69 Å². The Morgan fingerprint density at radius 1 is 1.33 bits per heavy atom. The minimum atomic E-state index is -0.814. The zero-order chi connectivity index (χ0) is 15.1. The van der Waals surface area contributed by atoms with Gasteiger partial charge in [-0.3, -0.25) is 4.79 Å². The fourth-order valence-corrected chi connectivity index (χ4v) is 2.85. The number of anilines is 1. The number of ether oxygens (including phenoxy) is 1. The average molecular weight is 291 g/mol. The molecule has 1 aromatic carbocycles. The summed E-state index contributed by atoms with van der Waals surface area (Å²) in [5.41, 5.74) is 0.980. The van der Waals surface area contributed by atoms with E-state index < -0.39 is 5.60 Å². The standard InChI is InChI=1S/C17H25NO3/c1-2-21-13-14-7-6-8-15(11-14)18-16(19)12-17(20)9-4-3-5-10-17/h6-8,11,20H,2-5,9-10,12-13H2,1H3,(H,18,19). The highest BCUT2D eigenvalue weighted by atomic mass is 16.5. The summed E-state index contributed by atoms with van der Waals surface area (Å²) >= 11 is 0. The molecule has 116 valence electrons. The zero-order valence-electron chi connectivity index (χ0n) is 12.7. The number of hydrogen-bond acceptors (Lipinski definition) is 3. The SMILES string of the molecule is CCOCc1cccc(NC(=O)CC2(O)CCCCC2)c1. The van der Waals surface area contributed by atoms with Crippen LogP contribution in [0.2, 0.25) is 0 Å². The quantitative estimate of drug-likeness (QED) is 0.846. The van der Waals surface area contributed by atoms with Crippen LogP contribution >= 0.6 is 0 Å². The molecule has 0 spiro atoms. The molecule has 0 atom stereocenters. The van der Waals surface area contributed by atoms with Gasteiger partial charge in [-0.25, -0.2) is 0 Å². The van der Waals surface area contributed by atoms with Gasteiger partial charge in [0.15, 0.2) is 0 Å². The molecule has 1 aromatic rings. The third-order valence-corrected chi connectivity index (χ3v) is 3.96. The van der Waals surface area contributed by atoms with Gasteiger partial charge in [-0.15, -0.1) is 0 Å². The lowest BCUT2D eigenvalue weighted by molar-refractivity contribution is -0.122. The summed E-state index contributed by atoms with van der Waals surface area (Å²) in [5.74, 6) is -0.118. The summed E-state index contributed by atoms with van der Waals surface area (Å²) < 4.78 is 5.36. The van der Waals surface area contributed by atoms with Gasteiger partial charge < -0.3 is 15.2 Å². The van der Waals surface area contributed by atoms with E-state index in [-0.39, 0.29) is 12.3 Å². The van der Waals surface area contributed by atoms with Crippen molar-refractivity contribution in [3.63, 3.8) is 0 Å². The average Bonchev–Trinajstić information content (AvgIpc) is 2.45. The van der Waals surface area contributed by atoms with Crippen molar-refractivity contribution in [1.29, 1.82) is 0 Å². The van der Waals surface area contributed by atoms with E-state index in [1.165, 1.54) is 0 Å². The molecule has 1 saturated carbocycles. The largest absolute Gasteiger partial charge is 0.389 e. The molecule has 4 heteroatoms. The first-order valence-corrected chi connectivity index (χ1v) is 7.80. The summed E-state index contributed by atoms with van der Waals surface area (Å²) in [7, 11) is 0. The summed E-state index contributed by atoms with van der Waals surface area (Å²) in [6.45, 7) is 3.17. The zero-order valence-corrected chi connectivity index (χ0v) is 12.7. The second-order valence-electron chi connectivity index (χ2n) is 5.85. The highest BCUT2D eigenvalue weighted by Crippen LogP contribution is 2.31. The molecule has 0 saturated heterocycles. The molecular formula is C17H25NO3. The normalized spacial score (nSPS) is 17.4. The van der Waals surface area contributed by atoms with E-state index in [9.17, 15) is 9.90 Å². The van der Waals surface area contributed by atoms with Crippen molar-refractivity contribution in [1.82, 2.24) is 0 Å². The summed E-state index contributed by atoms with van der Waals surface area (Å²) in [4.78, 5) is 12.1. The van der Waals surface area contributed by atoms with E-state index in [4.69, 9.17) is 4.74 Å². The number of aliphatic hydroxyl groups is 1. The predicted molar refractivity (Wildman–Crippen MR) is 83.1 cm³/mol. The van der Waals surface area contributed by atoms with Crippen LogP contribution in [0.5, 0.6) is 0 Å². The van der Waals surface area contributed by atoms with Crippen LogP contribution in [0.15, 0.2) is 24.3 Å². The lowest BCUT2D eigenvalue weighted by atomic mass is 9.82. The minimum absolute atomic E-state index is 0.118. The van der Waals surface area contributed by atoms with E-state index in [2.05, 4.69) is 5.32 Å². The number of amides is 1. The lowest BCUT2D eigenvalue weighted by Gasteiger charge is -2.31. The maximum atomic E-state index is 12.1. The Labute approximate surface area is 126 Å². The van der Waals surface area contributed by atoms with E-state index in [1.54, 1.807) is 0 Å². The minimum Gasteiger partial charge on any atom is -0.389 e. The summed E-state index contributed by atoms with van der Waals surface area (Å²) in [5, 5.41) is 13.3. The van der Waals surface area contributed by atoms with E-state index >= 15 is 0 Å². The van der Waals surface area contributed by atoms with E-state index in [0.29, 0.717) is 13.2 Å². The van der Waals surface area contributed by atoms with Crippen LogP contribution < -0.4 is 5.32 Å². The fourth-order valence-electron chi connectivity index (χ4n) is 2.85. The van der Waals surface area contributed by atoms with Crippen molar-refractivity contribution in [2.45, 2.75) is 57.7 Å². The summed E-state index contributed by atoms with van der Waals surface area (Å²) in [6, 6.07) is 7.65. The first kappa shape index (κ1) is 16.0. The van der Waals surface area contributed by atoms with Crippen molar-refractivity contribution in [2.24, 2.45) is 0 Å². The van der Waals surface area contributed by atoms with Gasteiger partial charge in [0.25, 0.3) is 0 Å². The van der Waals surface area contributed by atoms with Gasteiger partial charge in [0, 0.05) is 12.3 Å². The number of benzene rings is 1. The smallest absolute Gasteiger partial charge is 0.227 e. The van der Waals surface area contributed by atoms with Crippen LogP contribution in [0.1, 0.15) is 51.0 Å². The molecule has 0 unspecified atom stereocenters. The molecule has 0 aromatic heterocycles. The Morgan fingerprint density at radius 3 is 2.81 bits per heavy atom. The van der Waals surface area contributed by atoms with Crippen molar-refractivity contribution >= 4 is 11.6 Å².